The Balaban J connectivity index is 1.82. The lowest BCUT2D eigenvalue weighted by atomic mass is 9.95. The Labute approximate surface area is 165 Å². The van der Waals surface area contributed by atoms with Crippen molar-refractivity contribution in [2.24, 2.45) is 5.92 Å². The van der Waals surface area contributed by atoms with Crippen molar-refractivity contribution in [1.82, 2.24) is 15.1 Å². The van der Waals surface area contributed by atoms with Gasteiger partial charge in [0.2, 0.25) is 5.91 Å². The van der Waals surface area contributed by atoms with Crippen LogP contribution >= 0.6 is 0 Å². The molecule has 0 saturated carbocycles. The van der Waals surface area contributed by atoms with Gasteiger partial charge in [0.25, 0.3) is 5.56 Å². The molecule has 1 heterocycles. The van der Waals surface area contributed by atoms with Gasteiger partial charge in [-0.25, -0.2) is 4.68 Å². The zero-order valence-electron chi connectivity index (χ0n) is 16.9. The van der Waals surface area contributed by atoms with Crippen LogP contribution in [-0.4, -0.2) is 15.7 Å². The Morgan fingerprint density at radius 2 is 1.71 bits per heavy atom. The van der Waals surface area contributed by atoms with E-state index in [-0.39, 0.29) is 30.0 Å². The van der Waals surface area contributed by atoms with E-state index in [0.717, 1.165) is 23.1 Å². The monoisotopic (exact) mass is 377 g/mol. The molecule has 0 unspecified atom stereocenters. The smallest absolute Gasteiger partial charge is 0.275 e. The molecule has 3 rings (SSSR count). The van der Waals surface area contributed by atoms with Crippen LogP contribution in [0.4, 0.5) is 0 Å². The number of aryl methyl sites for hydroxylation is 2. The number of nitrogens with zero attached hydrogens (tertiary/aromatic N) is 2. The molecule has 0 bridgehead atoms. The molecule has 0 aliphatic rings. The van der Waals surface area contributed by atoms with Gasteiger partial charge in [-0.3, -0.25) is 9.59 Å². The quantitative estimate of drug-likeness (QED) is 0.711. The average Bonchev–Trinajstić information content (AvgIpc) is 2.70. The average molecular weight is 377 g/mol. The van der Waals surface area contributed by atoms with Crippen LogP contribution in [0.15, 0.2) is 53.3 Å². The molecule has 1 atom stereocenters. The van der Waals surface area contributed by atoms with Gasteiger partial charge in [0, 0.05) is 5.39 Å². The standard InChI is InChI=1S/C23H27N3O2/c1-5-17-10-12-18(13-11-17)22(15(2)3)24-21(27)14-26-23(28)20-9-7-6-8-19(20)16(4)25-26/h6-13,15,22H,5,14H2,1-4H3,(H,24,27)/t22-/m1/s1. The molecule has 5 nitrogen and oxygen atoms in total. The number of rotatable bonds is 6. The molecular weight excluding hydrogens is 350 g/mol. The number of carbonyl (C=O) groups is 1. The first-order chi connectivity index (χ1) is 13.4. The molecule has 1 N–H and O–H groups in total. The second-order valence-electron chi connectivity index (χ2n) is 7.48. The fourth-order valence-corrected chi connectivity index (χ4v) is 3.46. The molecule has 0 fully saturated rings. The lowest BCUT2D eigenvalue weighted by Crippen LogP contribution is -2.37. The van der Waals surface area contributed by atoms with E-state index >= 15 is 0 Å². The fourth-order valence-electron chi connectivity index (χ4n) is 3.46. The summed E-state index contributed by atoms with van der Waals surface area (Å²) in [6.07, 6.45) is 0.981. The van der Waals surface area contributed by atoms with E-state index in [0.29, 0.717) is 5.39 Å². The van der Waals surface area contributed by atoms with Crippen molar-refractivity contribution in [2.45, 2.75) is 46.7 Å². The minimum Gasteiger partial charge on any atom is -0.347 e. The number of aromatic nitrogens is 2. The van der Waals surface area contributed by atoms with E-state index in [4.69, 9.17) is 0 Å². The maximum atomic E-state index is 12.7. The van der Waals surface area contributed by atoms with E-state index in [1.54, 1.807) is 6.07 Å². The highest BCUT2D eigenvalue weighted by molar-refractivity contribution is 5.83. The van der Waals surface area contributed by atoms with Gasteiger partial charge in [0.15, 0.2) is 0 Å². The largest absolute Gasteiger partial charge is 0.347 e. The van der Waals surface area contributed by atoms with E-state index in [1.165, 1.54) is 10.2 Å². The van der Waals surface area contributed by atoms with Gasteiger partial charge in [-0.05, 0) is 36.5 Å². The number of benzene rings is 2. The van der Waals surface area contributed by atoms with Crippen molar-refractivity contribution in [3.63, 3.8) is 0 Å². The maximum absolute atomic E-state index is 12.7. The van der Waals surface area contributed by atoms with Crippen LogP contribution in [0, 0.1) is 12.8 Å². The summed E-state index contributed by atoms with van der Waals surface area (Å²) in [5.41, 5.74) is 2.82. The van der Waals surface area contributed by atoms with Crippen LogP contribution in [0.25, 0.3) is 10.8 Å². The number of carbonyl (C=O) groups excluding carboxylic acids is 1. The Hall–Kier alpha value is -2.95. The zero-order chi connectivity index (χ0) is 20.3. The molecule has 0 aliphatic heterocycles. The SMILES string of the molecule is CCc1ccc([C@H](NC(=O)Cn2nc(C)c3ccccc3c2=O)C(C)C)cc1. The van der Waals surface area contributed by atoms with E-state index in [2.05, 4.69) is 55.5 Å². The summed E-state index contributed by atoms with van der Waals surface area (Å²) in [4.78, 5) is 25.4. The Morgan fingerprint density at radius 3 is 2.32 bits per heavy atom. The van der Waals surface area contributed by atoms with Crippen molar-refractivity contribution >= 4 is 16.7 Å². The molecule has 0 aliphatic carbocycles. The van der Waals surface area contributed by atoms with Gasteiger partial charge >= 0.3 is 0 Å². The van der Waals surface area contributed by atoms with Crippen LogP contribution in [0.3, 0.4) is 0 Å². The fraction of sp³-hybridized carbons (Fsp3) is 0.348. The molecule has 3 aromatic rings. The summed E-state index contributed by atoms with van der Waals surface area (Å²) < 4.78 is 1.25. The van der Waals surface area contributed by atoms with Crippen molar-refractivity contribution < 1.29 is 4.79 Å². The third kappa shape index (κ3) is 4.14. The van der Waals surface area contributed by atoms with Crippen LogP contribution in [0.2, 0.25) is 0 Å². The number of hydrogen-bond acceptors (Lipinski definition) is 3. The van der Waals surface area contributed by atoms with Gasteiger partial charge in [-0.2, -0.15) is 5.10 Å². The summed E-state index contributed by atoms with van der Waals surface area (Å²) in [6, 6.07) is 15.5. The Bertz CT molecular complexity index is 1040. The summed E-state index contributed by atoms with van der Waals surface area (Å²) in [7, 11) is 0. The van der Waals surface area contributed by atoms with Crippen molar-refractivity contribution in [1.29, 1.82) is 0 Å². The molecule has 2 aromatic carbocycles. The third-order valence-corrected chi connectivity index (χ3v) is 5.08. The van der Waals surface area contributed by atoms with Crippen LogP contribution in [0.5, 0.6) is 0 Å². The normalized spacial score (nSPS) is 12.3. The van der Waals surface area contributed by atoms with E-state index in [9.17, 15) is 9.59 Å². The summed E-state index contributed by atoms with van der Waals surface area (Å²) in [6.45, 7) is 8.02. The third-order valence-electron chi connectivity index (χ3n) is 5.08. The molecule has 1 amide bonds. The highest BCUT2D eigenvalue weighted by Gasteiger charge is 2.19. The van der Waals surface area contributed by atoms with Crippen LogP contribution < -0.4 is 10.9 Å². The van der Waals surface area contributed by atoms with Crippen LogP contribution in [-0.2, 0) is 17.8 Å². The maximum Gasteiger partial charge on any atom is 0.275 e. The highest BCUT2D eigenvalue weighted by atomic mass is 16.2. The molecular formula is C23H27N3O2. The van der Waals surface area contributed by atoms with Crippen molar-refractivity contribution in [3.8, 4) is 0 Å². The van der Waals surface area contributed by atoms with E-state index in [1.807, 2.05) is 25.1 Å². The Morgan fingerprint density at radius 1 is 1.07 bits per heavy atom. The van der Waals surface area contributed by atoms with Gasteiger partial charge in [0.1, 0.15) is 6.54 Å². The second kappa shape index (κ2) is 8.38. The number of nitrogens with one attached hydrogen (secondary N) is 1. The van der Waals surface area contributed by atoms with E-state index < -0.39 is 0 Å². The molecule has 0 spiro atoms. The summed E-state index contributed by atoms with van der Waals surface area (Å²) in [5, 5.41) is 8.81. The topological polar surface area (TPSA) is 64.0 Å². The molecule has 5 heteroatoms. The number of fused-ring (bicyclic) bond motifs is 1. The van der Waals surface area contributed by atoms with Gasteiger partial charge < -0.3 is 5.32 Å². The molecule has 28 heavy (non-hydrogen) atoms. The number of hydrogen-bond donors (Lipinski definition) is 1. The number of amides is 1. The predicted octanol–water partition coefficient (Wildman–Crippen LogP) is 3.78. The lowest BCUT2D eigenvalue weighted by Gasteiger charge is -2.23. The molecule has 146 valence electrons. The van der Waals surface area contributed by atoms with Gasteiger partial charge in [0.05, 0.1) is 17.1 Å². The van der Waals surface area contributed by atoms with Crippen molar-refractivity contribution in [3.05, 3.63) is 75.7 Å². The zero-order valence-corrected chi connectivity index (χ0v) is 16.9. The van der Waals surface area contributed by atoms with Crippen molar-refractivity contribution in [2.75, 3.05) is 0 Å². The van der Waals surface area contributed by atoms with Gasteiger partial charge in [-0.15, -0.1) is 0 Å². The minimum atomic E-state index is -0.246. The Kier molecular flexibility index (Phi) is 5.93. The lowest BCUT2D eigenvalue weighted by molar-refractivity contribution is -0.123. The first-order valence-corrected chi connectivity index (χ1v) is 9.75. The highest BCUT2D eigenvalue weighted by Crippen LogP contribution is 2.22. The first kappa shape index (κ1) is 19.8. The van der Waals surface area contributed by atoms with Gasteiger partial charge in [-0.1, -0.05) is 63.2 Å². The first-order valence-electron chi connectivity index (χ1n) is 9.75. The molecule has 0 radical (unpaired) electrons. The minimum absolute atomic E-state index is 0.0965. The molecule has 0 saturated heterocycles. The second-order valence-corrected chi connectivity index (χ2v) is 7.48. The molecule has 1 aromatic heterocycles. The predicted molar refractivity (Wildman–Crippen MR) is 112 cm³/mol. The summed E-state index contributed by atoms with van der Waals surface area (Å²) >= 11 is 0. The van der Waals surface area contributed by atoms with Crippen LogP contribution in [0.1, 0.15) is 43.6 Å². The summed E-state index contributed by atoms with van der Waals surface area (Å²) in [5.74, 6) is 0.00185.